The predicted octanol–water partition coefficient (Wildman–Crippen LogP) is 2.25. The number of carbonyl (C=O) groups is 1. The molecule has 6 heteroatoms. The summed E-state index contributed by atoms with van der Waals surface area (Å²) in [5.74, 6) is -4.27. The van der Waals surface area contributed by atoms with Crippen LogP contribution in [0.4, 0.5) is 13.2 Å². The van der Waals surface area contributed by atoms with Crippen molar-refractivity contribution in [2.75, 3.05) is 13.7 Å². The van der Waals surface area contributed by atoms with Crippen LogP contribution in [0.25, 0.3) is 0 Å². The van der Waals surface area contributed by atoms with Crippen molar-refractivity contribution in [1.82, 2.24) is 5.32 Å². The van der Waals surface area contributed by atoms with Crippen molar-refractivity contribution in [3.63, 3.8) is 0 Å². The molecule has 19 heavy (non-hydrogen) atoms. The molecule has 1 amide bonds. The van der Waals surface area contributed by atoms with Crippen molar-refractivity contribution < 1.29 is 22.7 Å². The summed E-state index contributed by atoms with van der Waals surface area (Å²) in [5.41, 5.74) is -0.902. The number of rotatable bonds is 5. The molecule has 1 saturated carbocycles. The van der Waals surface area contributed by atoms with Gasteiger partial charge in [-0.05, 0) is 18.9 Å². The molecule has 0 bridgehead atoms. The van der Waals surface area contributed by atoms with Gasteiger partial charge in [0, 0.05) is 19.1 Å². The summed E-state index contributed by atoms with van der Waals surface area (Å²) >= 11 is 0. The van der Waals surface area contributed by atoms with Crippen LogP contribution in [0.1, 0.15) is 24.8 Å². The van der Waals surface area contributed by atoms with Gasteiger partial charge >= 0.3 is 0 Å². The van der Waals surface area contributed by atoms with Gasteiger partial charge in [-0.1, -0.05) is 6.07 Å². The first-order chi connectivity index (χ1) is 9.00. The van der Waals surface area contributed by atoms with Crippen LogP contribution in [0.3, 0.4) is 0 Å². The van der Waals surface area contributed by atoms with E-state index < -0.39 is 23.0 Å². The Labute approximate surface area is 108 Å². The molecule has 1 aromatic rings. The van der Waals surface area contributed by atoms with Gasteiger partial charge in [-0.25, -0.2) is 13.2 Å². The van der Waals surface area contributed by atoms with E-state index in [4.69, 9.17) is 4.74 Å². The van der Waals surface area contributed by atoms with Crippen LogP contribution in [0.5, 0.6) is 0 Å². The number of amides is 1. The monoisotopic (exact) mass is 273 g/mol. The highest BCUT2D eigenvalue weighted by molar-refractivity contribution is 5.77. The molecule has 1 aliphatic rings. The fraction of sp³-hybridized carbons (Fsp3) is 0.462. The third-order valence-corrected chi connectivity index (χ3v) is 3.21. The smallest absolute Gasteiger partial charge is 0.223 e. The second-order valence-corrected chi connectivity index (χ2v) is 4.60. The Morgan fingerprint density at radius 2 is 2.00 bits per heavy atom. The SMILES string of the molecule is COCCC(=O)NC1(c2ccc(F)c(F)c2F)CC1. The van der Waals surface area contributed by atoms with Gasteiger partial charge in [0.25, 0.3) is 0 Å². The topological polar surface area (TPSA) is 38.3 Å². The lowest BCUT2D eigenvalue weighted by Gasteiger charge is -2.19. The largest absolute Gasteiger partial charge is 0.384 e. The number of ether oxygens (including phenoxy) is 1. The zero-order chi connectivity index (χ0) is 14.0. The number of benzene rings is 1. The quantitative estimate of drug-likeness (QED) is 0.836. The van der Waals surface area contributed by atoms with Crippen LogP contribution >= 0.6 is 0 Å². The Morgan fingerprint density at radius 3 is 2.58 bits per heavy atom. The second-order valence-electron chi connectivity index (χ2n) is 4.60. The van der Waals surface area contributed by atoms with Crippen LogP contribution in [0.15, 0.2) is 12.1 Å². The van der Waals surface area contributed by atoms with E-state index in [0.717, 1.165) is 6.07 Å². The lowest BCUT2D eigenvalue weighted by molar-refractivity contribution is -0.123. The Bertz CT molecular complexity index is 501. The number of halogens is 3. The van der Waals surface area contributed by atoms with Crippen molar-refractivity contribution in [2.45, 2.75) is 24.8 Å². The molecular weight excluding hydrogens is 259 g/mol. The number of hydrogen-bond acceptors (Lipinski definition) is 2. The second kappa shape index (κ2) is 5.21. The van der Waals surface area contributed by atoms with Crippen LogP contribution in [-0.4, -0.2) is 19.6 Å². The van der Waals surface area contributed by atoms with Gasteiger partial charge in [0.2, 0.25) is 5.91 Å². The standard InChI is InChI=1S/C13H14F3NO2/c1-19-7-4-10(18)17-13(5-6-13)8-2-3-9(14)12(16)11(8)15/h2-3H,4-7H2,1H3,(H,17,18). The van der Waals surface area contributed by atoms with Gasteiger partial charge in [-0.15, -0.1) is 0 Å². The molecule has 0 atom stereocenters. The molecule has 1 fully saturated rings. The number of carbonyl (C=O) groups excluding carboxylic acids is 1. The molecule has 0 spiro atoms. The fourth-order valence-electron chi connectivity index (χ4n) is 2.01. The molecule has 1 aromatic carbocycles. The molecule has 0 heterocycles. The zero-order valence-corrected chi connectivity index (χ0v) is 10.4. The summed E-state index contributed by atoms with van der Waals surface area (Å²) in [4.78, 5) is 11.6. The Morgan fingerprint density at radius 1 is 1.32 bits per heavy atom. The highest BCUT2D eigenvalue weighted by Gasteiger charge is 2.48. The molecule has 0 aromatic heterocycles. The van der Waals surface area contributed by atoms with Gasteiger partial charge < -0.3 is 10.1 Å². The minimum atomic E-state index is -1.50. The van der Waals surface area contributed by atoms with Crippen LogP contribution in [0, 0.1) is 17.5 Å². The van der Waals surface area contributed by atoms with E-state index in [1.807, 2.05) is 0 Å². The van der Waals surface area contributed by atoms with Gasteiger partial charge in [0.05, 0.1) is 12.1 Å². The molecule has 3 nitrogen and oxygen atoms in total. The van der Waals surface area contributed by atoms with Crippen molar-refractivity contribution in [2.24, 2.45) is 0 Å². The predicted molar refractivity (Wildman–Crippen MR) is 61.9 cm³/mol. The van der Waals surface area contributed by atoms with Crippen molar-refractivity contribution in [1.29, 1.82) is 0 Å². The maximum Gasteiger partial charge on any atom is 0.223 e. The van der Waals surface area contributed by atoms with Crippen LogP contribution in [-0.2, 0) is 15.1 Å². The molecule has 0 aliphatic heterocycles. The highest BCUT2D eigenvalue weighted by atomic mass is 19.2. The fourth-order valence-corrected chi connectivity index (χ4v) is 2.01. The van der Waals surface area contributed by atoms with Gasteiger partial charge in [-0.3, -0.25) is 4.79 Å². The molecule has 0 radical (unpaired) electrons. The van der Waals surface area contributed by atoms with E-state index in [1.54, 1.807) is 0 Å². The van der Waals surface area contributed by atoms with Crippen molar-refractivity contribution in [3.05, 3.63) is 35.1 Å². The molecule has 0 saturated heterocycles. The maximum atomic E-state index is 13.7. The van der Waals surface area contributed by atoms with Crippen LogP contribution < -0.4 is 5.32 Å². The lowest BCUT2D eigenvalue weighted by Crippen LogP contribution is -2.36. The lowest BCUT2D eigenvalue weighted by atomic mass is 10.0. The Kier molecular flexibility index (Phi) is 3.80. The summed E-state index contributed by atoms with van der Waals surface area (Å²) in [7, 11) is 1.47. The highest BCUT2D eigenvalue weighted by Crippen LogP contribution is 2.47. The van der Waals surface area contributed by atoms with Gasteiger partial charge in [0.1, 0.15) is 0 Å². The molecule has 2 rings (SSSR count). The molecular formula is C13H14F3NO2. The summed E-state index contributed by atoms with van der Waals surface area (Å²) in [5, 5.41) is 2.66. The van der Waals surface area contributed by atoms with E-state index >= 15 is 0 Å². The first kappa shape index (κ1) is 13.9. The average Bonchev–Trinajstić information content (AvgIpc) is 3.14. The Balaban J connectivity index is 2.17. The minimum absolute atomic E-state index is 0.00262. The first-order valence-corrected chi connectivity index (χ1v) is 5.94. The van der Waals surface area contributed by atoms with E-state index in [2.05, 4.69) is 5.32 Å². The van der Waals surface area contributed by atoms with E-state index in [-0.39, 0.29) is 24.5 Å². The van der Waals surface area contributed by atoms with Crippen LogP contribution in [0.2, 0.25) is 0 Å². The summed E-state index contributed by atoms with van der Waals surface area (Å²) in [6.45, 7) is 0.252. The van der Waals surface area contributed by atoms with Crippen molar-refractivity contribution in [3.8, 4) is 0 Å². The average molecular weight is 273 g/mol. The summed E-state index contributed by atoms with van der Waals surface area (Å²) < 4.78 is 44.6. The normalized spacial score (nSPS) is 16.2. The van der Waals surface area contributed by atoms with Gasteiger partial charge in [0.15, 0.2) is 17.5 Å². The number of nitrogens with one attached hydrogen (secondary N) is 1. The minimum Gasteiger partial charge on any atom is -0.384 e. The first-order valence-electron chi connectivity index (χ1n) is 5.94. The Hall–Kier alpha value is -1.56. The number of methoxy groups -OCH3 is 1. The number of hydrogen-bond donors (Lipinski definition) is 1. The summed E-state index contributed by atoms with van der Waals surface area (Å²) in [6.07, 6.45) is 1.16. The van der Waals surface area contributed by atoms with E-state index in [1.165, 1.54) is 13.2 Å². The van der Waals surface area contributed by atoms with Gasteiger partial charge in [-0.2, -0.15) is 0 Å². The molecule has 1 aliphatic carbocycles. The zero-order valence-electron chi connectivity index (χ0n) is 10.4. The van der Waals surface area contributed by atoms with E-state index in [0.29, 0.717) is 12.8 Å². The maximum absolute atomic E-state index is 13.7. The molecule has 0 unspecified atom stereocenters. The molecule has 1 N–H and O–H groups in total. The van der Waals surface area contributed by atoms with Crippen molar-refractivity contribution >= 4 is 5.91 Å². The third kappa shape index (κ3) is 2.73. The van der Waals surface area contributed by atoms with E-state index in [9.17, 15) is 18.0 Å². The third-order valence-electron chi connectivity index (χ3n) is 3.21. The molecule has 104 valence electrons. The summed E-state index contributed by atoms with van der Waals surface area (Å²) in [6, 6.07) is 2.05.